The Balaban J connectivity index is 1.73. The molecule has 0 aliphatic carbocycles. The zero-order chi connectivity index (χ0) is 22.2. The molecule has 0 saturated heterocycles. The molecule has 0 aliphatic rings. The molecule has 1 heterocycles. The summed E-state index contributed by atoms with van der Waals surface area (Å²) in [5, 5.41) is 5.10. The summed E-state index contributed by atoms with van der Waals surface area (Å²) in [4.78, 5) is 17.3. The van der Waals surface area contributed by atoms with E-state index in [0.717, 1.165) is 34.4 Å². The summed E-state index contributed by atoms with van der Waals surface area (Å²) in [6.45, 7) is 2.02. The molecule has 0 spiro atoms. The molecular weight excluding hydrogens is 420 g/mol. The summed E-state index contributed by atoms with van der Waals surface area (Å²) < 4.78 is 7.25. The minimum atomic E-state index is -0.509. The lowest BCUT2D eigenvalue weighted by atomic mass is 10.1. The van der Waals surface area contributed by atoms with E-state index in [9.17, 15) is 4.79 Å². The van der Waals surface area contributed by atoms with Gasteiger partial charge < -0.3 is 4.74 Å². The lowest BCUT2D eigenvalue weighted by Gasteiger charge is -2.12. The Morgan fingerprint density at radius 3 is 2.25 bits per heavy atom. The molecule has 0 fully saturated rings. The number of carbonyl (C=O) groups is 1. The monoisotopic (exact) mass is 442 g/mol. The molecule has 0 bridgehead atoms. The molecule has 0 unspecified atom stereocenters. The average Bonchev–Trinajstić information content (AvgIpc) is 3.27. The van der Waals surface area contributed by atoms with Crippen LogP contribution in [0.3, 0.4) is 0 Å². The second kappa shape index (κ2) is 10.5. The molecule has 1 aromatic heterocycles. The lowest BCUT2D eigenvalue weighted by molar-refractivity contribution is -0.134. The summed E-state index contributed by atoms with van der Waals surface area (Å²) in [5.41, 5.74) is 6.57. The maximum Gasteiger partial charge on any atom is 0.365 e. The Kier molecular flexibility index (Phi) is 6.99. The molecule has 32 heavy (non-hydrogen) atoms. The Bertz CT molecular complexity index is 1190. The number of rotatable bonds is 6. The minimum Gasteiger partial charge on any atom is -0.461 e. The van der Waals surface area contributed by atoms with Gasteiger partial charge in [-0.3, -0.25) is 9.99 Å². The van der Waals surface area contributed by atoms with Crippen LogP contribution >= 0.6 is 11.8 Å². The zero-order valence-electron chi connectivity index (χ0n) is 17.5. The van der Waals surface area contributed by atoms with E-state index in [1.165, 1.54) is 0 Å². The maximum absolute atomic E-state index is 12.6. The highest BCUT2D eigenvalue weighted by Crippen LogP contribution is 2.30. The van der Waals surface area contributed by atoms with Crippen LogP contribution < -0.4 is 5.43 Å². The summed E-state index contributed by atoms with van der Waals surface area (Å²) in [6, 6.07) is 29.3. The summed E-state index contributed by atoms with van der Waals surface area (Å²) in [5.74, 6) is -0.509. The number of nitrogens with one attached hydrogen (secondary N) is 1. The highest BCUT2D eigenvalue weighted by Gasteiger charge is 2.21. The molecule has 160 valence electrons. The van der Waals surface area contributed by atoms with Gasteiger partial charge in [0.2, 0.25) is 5.04 Å². The lowest BCUT2D eigenvalue weighted by Crippen LogP contribution is -2.17. The van der Waals surface area contributed by atoms with Gasteiger partial charge in [0.25, 0.3) is 0 Å². The van der Waals surface area contributed by atoms with Gasteiger partial charge in [-0.25, -0.2) is 9.78 Å². The summed E-state index contributed by atoms with van der Waals surface area (Å²) >= 11 is 1.16. The van der Waals surface area contributed by atoms with Crippen molar-refractivity contribution in [3.63, 3.8) is 0 Å². The van der Waals surface area contributed by atoms with E-state index >= 15 is 0 Å². The van der Waals surface area contributed by atoms with Crippen molar-refractivity contribution in [1.82, 2.24) is 9.55 Å². The van der Waals surface area contributed by atoms with E-state index in [2.05, 4.69) is 15.5 Å². The Labute approximate surface area is 191 Å². The fraction of sp³-hybridized carbons (Fsp3) is 0.0800. The number of hydrazone groups is 1. The van der Waals surface area contributed by atoms with Crippen LogP contribution in [-0.4, -0.2) is 27.2 Å². The standard InChI is InChI=1S/C25H22N4O2S/c1-2-31-24(30)23(28-27-20-14-8-4-9-15-20)32-25-26-18-22(19-12-6-3-7-13-19)29(25)21-16-10-5-11-17-21/h3-18,27H,2H2,1H3. The van der Waals surface area contributed by atoms with Gasteiger partial charge in [-0.15, -0.1) is 0 Å². The van der Waals surface area contributed by atoms with E-state index in [1.807, 2.05) is 95.6 Å². The molecule has 1 N–H and O–H groups in total. The SMILES string of the molecule is CCOC(=O)C(=NNc1ccccc1)Sc1ncc(-c2ccccc2)n1-c1ccccc1. The molecule has 4 aromatic rings. The first-order valence-electron chi connectivity index (χ1n) is 10.2. The Morgan fingerprint density at radius 2 is 1.59 bits per heavy atom. The number of esters is 1. The second-order valence-electron chi connectivity index (χ2n) is 6.68. The van der Waals surface area contributed by atoms with Gasteiger partial charge in [0, 0.05) is 11.3 Å². The summed E-state index contributed by atoms with van der Waals surface area (Å²) in [7, 11) is 0. The molecule has 6 nitrogen and oxygen atoms in total. The van der Waals surface area contributed by atoms with E-state index in [4.69, 9.17) is 4.74 Å². The van der Waals surface area contributed by atoms with Crippen molar-refractivity contribution >= 4 is 28.5 Å². The Morgan fingerprint density at radius 1 is 0.969 bits per heavy atom. The number of ether oxygens (including phenoxy) is 1. The first-order chi connectivity index (χ1) is 15.8. The fourth-order valence-electron chi connectivity index (χ4n) is 3.06. The number of benzene rings is 3. The van der Waals surface area contributed by atoms with Gasteiger partial charge in [0.1, 0.15) is 0 Å². The highest BCUT2D eigenvalue weighted by molar-refractivity contribution is 8.15. The number of aromatic nitrogens is 2. The number of carbonyl (C=O) groups excluding carboxylic acids is 1. The highest BCUT2D eigenvalue weighted by atomic mass is 32.2. The third kappa shape index (κ3) is 5.07. The predicted octanol–water partition coefficient (Wildman–Crippen LogP) is 5.62. The third-order valence-corrected chi connectivity index (χ3v) is 5.43. The number of hydrogen-bond donors (Lipinski definition) is 1. The van der Waals surface area contributed by atoms with Crippen molar-refractivity contribution in [1.29, 1.82) is 0 Å². The van der Waals surface area contributed by atoms with Crippen LogP contribution in [0.1, 0.15) is 6.92 Å². The molecule has 0 amide bonds. The second-order valence-corrected chi connectivity index (χ2v) is 7.64. The molecular formula is C25H22N4O2S. The average molecular weight is 443 g/mol. The normalized spacial score (nSPS) is 11.2. The fourth-order valence-corrected chi connectivity index (χ4v) is 3.87. The van der Waals surface area contributed by atoms with Crippen molar-refractivity contribution in [3.05, 3.63) is 97.2 Å². The molecule has 0 saturated carbocycles. The van der Waals surface area contributed by atoms with Crippen molar-refractivity contribution in [2.75, 3.05) is 12.0 Å². The van der Waals surface area contributed by atoms with Gasteiger partial charge in [0.05, 0.1) is 24.2 Å². The van der Waals surface area contributed by atoms with Crippen molar-refractivity contribution in [2.24, 2.45) is 5.10 Å². The van der Waals surface area contributed by atoms with Crippen LogP contribution in [0.4, 0.5) is 5.69 Å². The molecule has 3 aromatic carbocycles. The van der Waals surface area contributed by atoms with Gasteiger partial charge in [-0.1, -0.05) is 66.7 Å². The van der Waals surface area contributed by atoms with Gasteiger partial charge in [-0.05, 0) is 43.0 Å². The number of imidazole rings is 1. The van der Waals surface area contributed by atoms with Gasteiger partial charge in [-0.2, -0.15) is 5.10 Å². The first-order valence-corrected chi connectivity index (χ1v) is 11.0. The third-order valence-electron chi connectivity index (χ3n) is 4.51. The van der Waals surface area contributed by atoms with Crippen LogP contribution in [0, 0.1) is 0 Å². The molecule has 0 aliphatic heterocycles. The molecule has 7 heteroatoms. The van der Waals surface area contributed by atoms with Crippen molar-refractivity contribution in [2.45, 2.75) is 12.1 Å². The number of nitrogens with zero attached hydrogens (tertiary/aromatic N) is 3. The van der Waals surface area contributed by atoms with E-state index in [0.29, 0.717) is 5.16 Å². The van der Waals surface area contributed by atoms with Crippen molar-refractivity contribution < 1.29 is 9.53 Å². The van der Waals surface area contributed by atoms with Gasteiger partial charge >= 0.3 is 5.97 Å². The quantitative estimate of drug-likeness (QED) is 0.138. The minimum absolute atomic E-state index is 0.165. The largest absolute Gasteiger partial charge is 0.461 e. The van der Waals surface area contributed by atoms with Crippen molar-refractivity contribution in [3.8, 4) is 16.9 Å². The van der Waals surface area contributed by atoms with Crippen LogP contribution in [0.15, 0.2) is 107 Å². The number of anilines is 1. The van der Waals surface area contributed by atoms with Crippen LogP contribution in [0.5, 0.6) is 0 Å². The molecule has 4 rings (SSSR count). The van der Waals surface area contributed by atoms with E-state index < -0.39 is 5.97 Å². The zero-order valence-corrected chi connectivity index (χ0v) is 18.3. The van der Waals surface area contributed by atoms with Crippen LogP contribution in [-0.2, 0) is 9.53 Å². The number of hydrogen-bond acceptors (Lipinski definition) is 6. The van der Waals surface area contributed by atoms with Crippen LogP contribution in [0.2, 0.25) is 0 Å². The topological polar surface area (TPSA) is 68.5 Å². The van der Waals surface area contributed by atoms with Gasteiger partial charge in [0.15, 0.2) is 5.16 Å². The Hall–Kier alpha value is -3.84. The van der Waals surface area contributed by atoms with E-state index in [1.54, 1.807) is 13.1 Å². The smallest absolute Gasteiger partial charge is 0.365 e. The van der Waals surface area contributed by atoms with Crippen LogP contribution in [0.25, 0.3) is 16.9 Å². The summed E-state index contributed by atoms with van der Waals surface area (Å²) in [6.07, 6.45) is 1.80. The molecule has 0 radical (unpaired) electrons. The number of thioether (sulfide) groups is 1. The first kappa shape index (κ1) is 21.4. The predicted molar refractivity (Wildman–Crippen MR) is 129 cm³/mol. The number of para-hydroxylation sites is 2. The maximum atomic E-state index is 12.6. The van der Waals surface area contributed by atoms with E-state index in [-0.39, 0.29) is 11.7 Å². The molecule has 0 atom stereocenters.